The van der Waals surface area contributed by atoms with Crippen LogP contribution in [-0.4, -0.2) is 41.6 Å². The van der Waals surface area contributed by atoms with Crippen LogP contribution in [0, 0.1) is 0 Å². The van der Waals surface area contributed by atoms with Crippen LogP contribution in [0.4, 0.5) is 5.82 Å². The van der Waals surface area contributed by atoms with Crippen LogP contribution >= 0.6 is 0 Å². The van der Waals surface area contributed by atoms with E-state index in [1.165, 1.54) is 10.7 Å². The first-order valence-corrected chi connectivity index (χ1v) is 6.75. The molecule has 0 aromatic carbocycles. The maximum absolute atomic E-state index is 11.8. The molecule has 0 spiro atoms. The second-order valence-electron chi connectivity index (χ2n) is 5.17. The van der Waals surface area contributed by atoms with Crippen LogP contribution in [0.2, 0.25) is 0 Å². The molecule has 0 radical (unpaired) electrons. The van der Waals surface area contributed by atoms with Gasteiger partial charge in [-0.3, -0.25) is 4.98 Å². The van der Waals surface area contributed by atoms with Crippen molar-refractivity contribution in [3.8, 4) is 0 Å². The Balaban J connectivity index is 1.97. The van der Waals surface area contributed by atoms with Gasteiger partial charge in [-0.25, -0.2) is 4.79 Å². The fourth-order valence-electron chi connectivity index (χ4n) is 2.73. The van der Waals surface area contributed by atoms with Gasteiger partial charge in [0.1, 0.15) is 5.54 Å². The molecule has 2 heterocycles. The number of hydrogen-bond donors (Lipinski definition) is 2. The molecule has 20 heavy (non-hydrogen) atoms. The molecule has 0 amide bonds. The Labute approximate surface area is 115 Å². The predicted molar refractivity (Wildman–Crippen MR) is 70.3 cm³/mol. The van der Waals surface area contributed by atoms with Gasteiger partial charge in [0, 0.05) is 0 Å². The van der Waals surface area contributed by atoms with Crippen LogP contribution in [0.5, 0.6) is 0 Å². The Morgan fingerprint density at radius 3 is 2.70 bits per heavy atom. The zero-order valence-corrected chi connectivity index (χ0v) is 11.0. The molecule has 1 aliphatic carbocycles. The molecule has 0 saturated heterocycles. The third-order valence-corrected chi connectivity index (χ3v) is 3.84. The topological polar surface area (TPSA) is 105 Å². The summed E-state index contributed by atoms with van der Waals surface area (Å²) in [5.74, 6) is -0.318. The summed E-state index contributed by atoms with van der Waals surface area (Å²) in [5, 5.41) is 24.0. The number of fused-ring (bicyclic) bond motifs is 1. The highest BCUT2D eigenvalue weighted by molar-refractivity contribution is 5.82. The number of rotatable bonds is 3. The SMILES string of the molecule is O=C(O)C1(Nc2cncc3nnnn23)CCCCCC1. The van der Waals surface area contributed by atoms with Gasteiger partial charge in [0.25, 0.3) is 0 Å². The summed E-state index contributed by atoms with van der Waals surface area (Å²) in [7, 11) is 0. The van der Waals surface area contributed by atoms with Crippen LogP contribution < -0.4 is 5.32 Å². The van der Waals surface area contributed by atoms with E-state index in [2.05, 4.69) is 25.8 Å². The smallest absolute Gasteiger partial charge is 0.329 e. The minimum atomic E-state index is -0.960. The number of carboxylic acid groups (broad SMARTS) is 1. The number of carbonyl (C=O) groups is 1. The van der Waals surface area contributed by atoms with Crippen LogP contribution in [0.25, 0.3) is 5.65 Å². The summed E-state index contributed by atoms with van der Waals surface area (Å²) in [6.45, 7) is 0. The van der Waals surface area contributed by atoms with E-state index in [0.29, 0.717) is 24.3 Å². The number of aromatic nitrogens is 5. The Hall–Kier alpha value is -2.25. The molecule has 1 fully saturated rings. The Morgan fingerprint density at radius 1 is 1.25 bits per heavy atom. The third kappa shape index (κ3) is 2.17. The van der Waals surface area contributed by atoms with Crippen molar-refractivity contribution >= 4 is 17.4 Å². The van der Waals surface area contributed by atoms with Gasteiger partial charge in [-0.05, 0) is 23.3 Å². The van der Waals surface area contributed by atoms with Crippen molar-refractivity contribution < 1.29 is 9.90 Å². The van der Waals surface area contributed by atoms with Crippen molar-refractivity contribution in [1.82, 2.24) is 25.0 Å². The van der Waals surface area contributed by atoms with Gasteiger partial charge >= 0.3 is 5.97 Å². The number of hydrogen-bond acceptors (Lipinski definition) is 6. The summed E-state index contributed by atoms with van der Waals surface area (Å²) >= 11 is 0. The lowest BCUT2D eigenvalue weighted by atomic mass is 9.90. The molecule has 3 rings (SSSR count). The molecule has 0 bridgehead atoms. The standard InChI is InChI=1S/C12H16N6O2/c19-11(20)12(5-3-1-2-4-6-12)14-9-7-13-8-10-15-16-17-18(9)10/h7-8,14H,1-6H2,(H,19,20). The third-order valence-electron chi connectivity index (χ3n) is 3.84. The molecule has 0 unspecified atom stereocenters. The molecular formula is C12H16N6O2. The fourth-order valence-corrected chi connectivity index (χ4v) is 2.73. The highest BCUT2D eigenvalue weighted by Gasteiger charge is 2.39. The van der Waals surface area contributed by atoms with E-state index in [1.54, 1.807) is 6.20 Å². The highest BCUT2D eigenvalue weighted by Crippen LogP contribution is 2.30. The second-order valence-corrected chi connectivity index (χ2v) is 5.17. The molecular weight excluding hydrogens is 260 g/mol. The Kier molecular flexibility index (Phi) is 3.21. The molecule has 2 aromatic heterocycles. The van der Waals surface area contributed by atoms with E-state index in [-0.39, 0.29) is 0 Å². The van der Waals surface area contributed by atoms with Crippen LogP contribution in [0.3, 0.4) is 0 Å². The number of carboxylic acids is 1. The molecule has 2 N–H and O–H groups in total. The first-order valence-electron chi connectivity index (χ1n) is 6.75. The van der Waals surface area contributed by atoms with Crippen LogP contribution in [-0.2, 0) is 4.79 Å². The van der Waals surface area contributed by atoms with Crippen molar-refractivity contribution in [2.24, 2.45) is 0 Å². The lowest BCUT2D eigenvalue weighted by molar-refractivity contribution is -0.142. The summed E-state index contributed by atoms with van der Waals surface area (Å²) in [4.78, 5) is 15.8. The van der Waals surface area contributed by atoms with E-state index in [0.717, 1.165) is 25.7 Å². The molecule has 2 aromatic rings. The van der Waals surface area contributed by atoms with Gasteiger partial charge in [-0.2, -0.15) is 4.52 Å². The predicted octanol–water partition coefficient (Wildman–Crippen LogP) is 1.11. The normalized spacial score (nSPS) is 18.6. The minimum Gasteiger partial charge on any atom is -0.480 e. The Morgan fingerprint density at radius 2 is 2.00 bits per heavy atom. The maximum Gasteiger partial charge on any atom is 0.329 e. The molecule has 1 saturated carbocycles. The van der Waals surface area contributed by atoms with Gasteiger partial charge in [-0.1, -0.05) is 25.7 Å². The average Bonchev–Trinajstić information content (AvgIpc) is 2.79. The largest absolute Gasteiger partial charge is 0.480 e. The number of nitrogens with zero attached hydrogens (tertiary/aromatic N) is 5. The number of anilines is 1. The fraction of sp³-hybridized carbons (Fsp3) is 0.583. The number of aliphatic carboxylic acids is 1. The van der Waals surface area contributed by atoms with E-state index >= 15 is 0 Å². The van der Waals surface area contributed by atoms with Gasteiger partial charge < -0.3 is 10.4 Å². The Bertz CT molecular complexity index is 617. The highest BCUT2D eigenvalue weighted by atomic mass is 16.4. The zero-order valence-electron chi connectivity index (χ0n) is 11.0. The quantitative estimate of drug-likeness (QED) is 0.809. The average molecular weight is 276 g/mol. The van der Waals surface area contributed by atoms with Gasteiger partial charge in [0.15, 0.2) is 11.5 Å². The second kappa shape index (κ2) is 5.03. The van der Waals surface area contributed by atoms with E-state index < -0.39 is 11.5 Å². The molecule has 106 valence electrons. The summed E-state index contributed by atoms with van der Waals surface area (Å²) in [6, 6.07) is 0. The number of nitrogens with one attached hydrogen (secondary N) is 1. The molecule has 8 nitrogen and oxygen atoms in total. The maximum atomic E-state index is 11.8. The lowest BCUT2D eigenvalue weighted by Crippen LogP contribution is -2.46. The monoisotopic (exact) mass is 276 g/mol. The first kappa shape index (κ1) is 12.8. The van der Waals surface area contributed by atoms with E-state index in [9.17, 15) is 9.90 Å². The van der Waals surface area contributed by atoms with Crippen molar-refractivity contribution in [3.63, 3.8) is 0 Å². The van der Waals surface area contributed by atoms with E-state index in [1.807, 2.05) is 0 Å². The minimum absolute atomic E-state index is 0.490. The molecule has 8 heteroatoms. The van der Waals surface area contributed by atoms with Crippen LogP contribution in [0.1, 0.15) is 38.5 Å². The lowest BCUT2D eigenvalue weighted by Gasteiger charge is -2.30. The van der Waals surface area contributed by atoms with Crippen molar-refractivity contribution in [2.45, 2.75) is 44.1 Å². The molecule has 0 aliphatic heterocycles. The van der Waals surface area contributed by atoms with Gasteiger partial charge in [0.05, 0.1) is 12.4 Å². The van der Waals surface area contributed by atoms with Gasteiger partial charge in [-0.15, -0.1) is 5.10 Å². The first-order chi connectivity index (χ1) is 9.71. The summed E-state index contributed by atoms with van der Waals surface area (Å²) in [5.41, 5.74) is -0.470. The molecule has 0 atom stereocenters. The zero-order chi connectivity index (χ0) is 14.0. The van der Waals surface area contributed by atoms with Crippen molar-refractivity contribution in [2.75, 3.05) is 5.32 Å². The summed E-state index contributed by atoms with van der Waals surface area (Å²) in [6.07, 6.45) is 8.23. The molecule has 1 aliphatic rings. The van der Waals surface area contributed by atoms with E-state index in [4.69, 9.17) is 0 Å². The van der Waals surface area contributed by atoms with Crippen LogP contribution in [0.15, 0.2) is 12.4 Å². The number of tetrazole rings is 1. The summed E-state index contributed by atoms with van der Waals surface area (Å²) < 4.78 is 1.47. The van der Waals surface area contributed by atoms with Gasteiger partial charge in [0.2, 0.25) is 0 Å². The van der Waals surface area contributed by atoms with Crippen molar-refractivity contribution in [1.29, 1.82) is 0 Å². The van der Waals surface area contributed by atoms with Crippen molar-refractivity contribution in [3.05, 3.63) is 12.4 Å².